The normalized spacial score (nSPS) is 16.4. The summed E-state index contributed by atoms with van der Waals surface area (Å²) >= 11 is 1.75. The summed E-state index contributed by atoms with van der Waals surface area (Å²) in [5, 5.41) is 8.71. The zero-order chi connectivity index (χ0) is 9.26. The SMILES string of the molecule is Cn1c(N)nnc1SCCC1CC1. The van der Waals surface area contributed by atoms with Crippen molar-refractivity contribution in [2.75, 3.05) is 11.5 Å². The third-order valence-electron chi connectivity index (χ3n) is 2.32. The summed E-state index contributed by atoms with van der Waals surface area (Å²) < 4.78 is 1.83. The number of thioether (sulfide) groups is 1. The van der Waals surface area contributed by atoms with Crippen LogP contribution < -0.4 is 5.73 Å². The van der Waals surface area contributed by atoms with Crippen molar-refractivity contribution in [3.05, 3.63) is 0 Å². The van der Waals surface area contributed by atoms with Crippen LogP contribution >= 0.6 is 11.8 Å². The summed E-state index contributed by atoms with van der Waals surface area (Å²) in [4.78, 5) is 0. The van der Waals surface area contributed by atoms with Crippen LogP contribution in [0.25, 0.3) is 0 Å². The number of rotatable bonds is 4. The van der Waals surface area contributed by atoms with Crippen LogP contribution in [0.2, 0.25) is 0 Å². The first kappa shape index (κ1) is 8.87. The first-order chi connectivity index (χ1) is 6.27. The van der Waals surface area contributed by atoms with Crippen molar-refractivity contribution in [2.45, 2.75) is 24.4 Å². The van der Waals surface area contributed by atoms with Gasteiger partial charge >= 0.3 is 0 Å². The van der Waals surface area contributed by atoms with Crippen LogP contribution in [-0.2, 0) is 7.05 Å². The number of nitrogens with zero attached hydrogens (tertiary/aromatic N) is 3. The molecular weight excluding hydrogens is 184 g/mol. The van der Waals surface area contributed by atoms with E-state index in [0.717, 1.165) is 16.8 Å². The van der Waals surface area contributed by atoms with Gasteiger partial charge < -0.3 is 5.73 Å². The quantitative estimate of drug-likeness (QED) is 0.741. The third-order valence-corrected chi connectivity index (χ3v) is 3.38. The highest BCUT2D eigenvalue weighted by Gasteiger charge is 2.20. The molecule has 1 aromatic rings. The summed E-state index contributed by atoms with van der Waals surface area (Å²) in [5.41, 5.74) is 5.56. The highest BCUT2D eigenvalue weighted by atomic mass is 32.2. The van der Waals surface area contributed by atoms with Crippen molar-refractivity contribution in [3.63, 3.8) is 0 Å². The Labute approximate surface area is 81.9 Å². The van der Waals surface area contributed by atoms with Crippen molar-refractivity contribution < 1.29 is 0 Å². The second kappa shape index (κ2) is 3.57. The van der Waals surface area contributed by atoms with Crippen LogP contribution in [0.5, 0.6) is 0 Å². The molecule has 5 heteroatoms. The van der Waals surface area contributed by atoms with Gasteiger partial charge in [-0.2, -0.15) is 0 Å². The van der Waals surface area contributed by atoms with E-state index in [0.29, 0.717) is 5.95 Å². The first-order valence-electron chi connectivity index (χ1n) is 4.55. The predicted molar refractivity (Wildman–Crippen MR) is 53.5 cm³/mol. The summed E-state index contributed by atoms with van der Waals surface area (Å²) in [7, 11) is 1.90. The Morgan fingerprint density at radius 1 is 1.54 bits per heavy atom. The fourth-order valence-electron chi connectivity index (χ4n) is 1.18. The van der Waals surface area contributed by atoms with E-state index in [1.54, 1.807) is 11.8 Å². The van der Waals surface area contributed by atoms with Crippen molar-refractivity contribution in [1.29, 1.82) is 0 Å². The molecule has 0 radical (unpaired) electrons. The van der Waals surface area contributed by atoms with Gasteiger partial charge in [0.15, 0.2) is 5.16 Å². The Morgan fingerprint density at radius 3 is 2.85 bits per heavy atom. The summed E-state index contributed by atoms with van der Waals surface area (Å²) in [6, 6.07) is 0. The van der Waals surface area contributed by atoms with Gasteiger partial charge in [-0.3, -0.25) is 4.57 Å². The number of anilines is 1. The minimum absolute atomic E-state index is 0.494. The van der Waals surface area contributed by atoms with E-state index in [2.05, 4.69) is 10.2 Å². The molecule has 1 aromatic heterocycles. The van der Waals surface area contributed by atoms with Gasteiger partial charge in [0.1, 0.15) is 0 Å². The lowest BCUT2D eigenvalue weighted by Gasteiger charge is -1.99. The maximum absolute atomic E-state index is 5.56. The Kier molecular flexibility index (Phi) is 2.44. The molecule has 2 N–H and O–H groups in total. The molecule has 72 valence electrons. The largest absolute Gasteiger partial charge is 0.368 e. The average molecular weight is 198 g/mol. The smallest absolute Gasteiger partial charge is 0.222 e. The Bertz CT molecular complexity index is 292. The molecule has 1 aliphatic carbocycles. The van der Waals surface area contributed by atoms with Crippen LogP contribution in [0.3, 0.4) is 0 Å². The summed E-state index contributed by atoms with van der Waals surface area (Å²) in [5.74, 6) is 2.61. The van der Waals surface area contributed by atoms with Gasteiger partial charge in [0.2, 0.25) is 5.95 Å². The molecule has 13 heavy (non-hydrogen) atoms. The lowest BCUT2D eigenvalue weighted by atomic mass is 10.3. The molecule has 0 aromatic carbocycles. The maximum atomic E-state index is 5.56. The molecule has 0 bridgehead atoms. The fourth-order valence-corrected chi connectivity index (χ4v) is 2.19. The fraction of sp³-hybridized carbons (Fsp3) is 0.750. The molecule has 0 aliphatic heterocycles. The molecular formula is C8H14N4S. The molecule has 1 aliphatic rings. The minimum atomic E-state index is 0.494. The molecule has 0 saturated heterocycles. The first-order valence-corrected chi connectivity index (χ1v) is 5.53. The molecule has 2 rings (SSSR count). The zero-order valence-electron chi connectivity index (χ0n) is 7.73. The number of nitrogens with two attached hydrogens (primary N) is 1. The van der Waals surface area contributed by atoms with Crippen LogP contribution in [0.15, 0.2) is 5.16 Å². The molecule has 0 unspecified atom stereocenters. The van der Waals surface area contributed by atoms with E-state index in [1.165, 1.54) is 19.3 Å². The van der Waals surface area contributed by atoms with Gasteiger partial charge in [-0.1, -0.05) is 24.6 Å². The second-order valence-corrected chi connectivity index (χ2v) is 4.54. The van der Waals surface area contributed by atoms with Gasteiger partial charge in [0.05, 0.1) is 0 Å². The van der Waals surface area contributed by atoms with Gasteiger partial charge in [-0.05, 0) is 12.3 Å². The van der Waals surface area contributed by atoms with Crippen molar-refractivity contribution in [2.24, 2.45) is 13.0 Å². The Morgan fingerprint density at radius 2 is 2.31 bits per heavy atom. The second-order valence-electron chi connectivity index (χ2n) is 3.48. The van der Waals surface area contributed by atoms with Gasteiger partial charge in [0, 0.05) is 12.8 Å². The Hall–Kier alpha value is -0.710. The number of hydrogen-bond donors (Lipinski definition) is 1. The zero-order valence-corrected chi connectivity index (χ0v) is 8.55. The number of aromatic nitrogens is 3. The molecule has 1 heterocycles. The molecule has 0 amide bonds. The van der Waals surface area contributed by atoms with Gasteiger partial charge in [0.25, 0.3) is 0 Å². The predicted octanol–water partition coefficient (Wildman–Crippen LogP) is 1.29. The molecule has 0 atom stereocenters. The van der Waals surface area contributed by atoms with Gasteiger partial charge in [-0.15, -0.1) is 10.2 Å². The van der Waals surface area contributed by atoms with E-state index < -0.39 is 0 Å². The maximum Gasteiger partial charge on any atom is 0.222 e. The highest BCUT2D eigenvalue weighted by Crippen LogP contribution is 2.34. The van der Waals surface area contributed by atoms with E-state index in [1.807, 2.05) is 11.6 Å². The molecule has 1 saturated carbocycles. The van der Waals surface area contributed by atoms with Crippen LogP contribution in [0.1, 0.15) is 19.3 Å². The van der Waals surface area contributed by atoms with E-state index in [4.69, 9.17) is 5.73 Å². The lowest BCUT2D eigenvalue weighted by Crippen LogP contribution is -1.98. The molecule has 4 nitrogen and oxygen atoms in total. The Balaban J connectivity index is 1.82. The third kappa shape index (κ3) is 2.15. The minimum Gasteiger partial charge on any atom is -0.368 e. The average Bonchev–Trinajstić information content (AvgIpc) is 2.88. The van der Waals surface area contributed by atoms with Gasteiger partial charge in [-0.25, -0.2) is 0 Å². The van der Waals surface area contributed by atoms with E-state index >= 15 is 0 Å². The highest BCUT2D eigenvalue weighted by molar-refractivity contribution is 7.99. The monoisotopic (exact) mass is 198 g/mol. The van der Waals surface area contributed by atoms with Crippen LogP contribution in [0, 0.1) is 5.92 Å². The van der Waals surface area contributed by atoms with Crippen LogP contribution in [-0.4, -0.2) is 20.5 Å². The number of hydrogen-bond acceptors (Lipinski definition) is 4. The molecule has 0 spiro atoms. The summed E-state index contributed by atoms with van der Waals surface area (Å²) in [6.45, 7) is 0. The standard InChI is InChI=1S/C8H14N4S/c1-12-7(9)10-11-8(12)13-5-4-6-2-3-6/h6H,2-5H2,1H3,(H2,9,10). The lowest BCUT2D eigenvalue weighted by molar-refractivity contribution is 0.780. The van der Waals surface area contributed by atoms with Crippen molar-refractivity contribution in [3.8, 4) is 0 Å². The van der Waals surface area contributed by atoms with Crippen LogP contribution in [0.4, 0.5) is 5.95 Å². The summed E-state index contributed by atoms with van der Waals surface area (Å²) in [6.07, 6.45) is 4.14. The van der Waals surface area contributed by atoms with E-state index in [-0.39, 0.29) is 0 Å². The van der Waals surface area contributed by atoms with Crippen molar-refractivity contribution in [1.82, 2.24) is 14.8 Å². The topological polar surface area (TPSA) is 56.7 Å². The van der Waals surface area contributed by atoms with Crippen molar-refractivity contribution >= 4 is 17.7 Å². The van der Waals surface area contributed by atoms with E-state index in [9.17, 15) is 0 Å². The number of nitrogen functional groups attached to an aromatic ring is 1. The molecule has 1 fully saturated rings.